The van der Waals surface area contributed by atoms with Crippen molar-refractivity contribution in [1.82, 2.24) is 16.1 Å². The molecule has 3 atom stereocenters. The van der Waals surface area contributed by atoms with Crippen molar-refractivity contribution in [3.8, 4) is 0 Å². The first kappa shape index (κ1) is 28.6. The van der Waals surface area contributed by atoms with Crippen molar-refractivity contribution >= 4 is 28.5 Å². The van der Waals surface area contributed by atoms with Crippen LogP contribution in [0.3, 0.4) is 0 Å². The number of carbonyl (C=O) groups is 3. The summed E-state index contributed by atoms with van der Waals surface area (Å²) in [4.78, 5) is 39.6. The molecule has 1 saturated carbocycles. The SMILES string of the molecule is CCNC(=O)[C@@H](NC(=O)[C@H](Cc1ccc2ccccc2c1)[C@H](OC1CCCCC1)C(=O)NO)C(C)(C)C. The zero-order chi connectivity index (χ0) is 27.0. The van der Waals surface area contributed by atoms with Crippen molar-refractivity contribution in [2.24, 2.45) is 11.3 Å². The van der Waals surface area contributed by atoms with Gasteiger partial charge in [0.2, 0.25) is 11.8 Å². The van der Waals surface area contributed by atoms with Crippen molar-refractivity contribution < 1.29 is 24.3 Å². The van der Waals surface area contributed by atoms with Gasteiger partial charge in [0.25, 0.3) is 5.91 Å². The van der Waals surface area contributed by atoms with Gasteiger partial charge in [-0.3, -0.25) is 19.6 Å². The van der Waals surface area contributed by atoms with E-state index < -0.39 is 35.3 Å². The van der Waals surface area contributed by atoms with Gasteiger partial charge in [-0.2, -0.15) is 0 Å². The summed E-state index contributed by atoms with van der Waals surface area (Å²) in [5.74, 6) is -2.49. The normalized spacial score (nSPS) is 17.0. The van der Waals surface area contributed by atoms with Gasteiger partial charge in [-0.15, -0.1) is 0 Å². The summed E-state index contributed by atoms with van der Waals surface area (Å²) in [6, 6.07) is 13.0. The molecule has 0 aromatic heterocycles. The van der Waals surface area contributed by atoms with Crippen LogP contribution in [0.1, 0.15) is 65.4 Å². The van der Waals surface area contributed by atoms with Crippen molar-refractivity contribution in [1.29, 1.82) is 0 Å². The number of likely N-dealkylation sites (N-methyl/N-ethyl adjacent to an activating group) is 1. The van der Waals surface area contributed by atoms with Gasteiger partial charge in [-0.05, 0) is 47.9 Å². The van der Waals surface area contributed by atoms with Gasteiger partial charge >= 0.3 is 0 Å². The van der Waals surface area contributed by atoms with Crippen LogP contribution in [0.4, 0.5) is 0 Å². The van der Waals surface area contributed by atoms with Gasteiger partial charge in [0.05, 0.1) is 12.0 Å². The molecule has 3 rings (SSSR count). The summed E-state index contributed by atoms with van der Waals surface area (Å²) in [6.07, 6.45) is 3.49. The third-order valence-corrected chi connectivity index (χ3v) is 7.00. The molecule has 202 valence electrons. The number of amides is 3. The highest BCUT2D eigenvalue weighted by atomic mass is 16.5. The van der Waals surface area contributed by atoms with Gasteiger partial charge in [-0.1, -0.05) is 82.5 Å². The standard InChI is InChI=1S/C29H41N3O5/c1-5-30-28(35)25(29(2,3)4)31-26(33)23(18-19-15-16-20-11-9-10-12-21(20)17-19)24(27(34)32-36)37-22-13-7-6-8-14-22/h9-12,15-17,22-25,36H,5-8,13-14,18H2,1-4H3,(H,30,35)(H,31,33)(H,32,34)/t23-,24+,25-/m1/s1. The molecule has 37 heavy (non-hydrogen) atoms. The second-order valence-electron chi connectivity index (χ2n) is 11.0. The summed E-state index contributed by atoms with van der Waals surface area (Å²) in [7, 11) is 0. The molecule has 1 aliphatic rings. The number of carbonyl (C=O) groups excluding carboxylic acids is 3. The summed E-state index contributed by atoms with van der Waals surface area (Å²) in [5.41, 5.74) is 1.99. The van der Waals surface area contributed by atoms with Crippen LogP contribution >= 0.6 is 0 Å². The van der Waals surface area contributed by atoms with E-state index in [-0.39, 0.29) is 18.4 Å². The minimum absolute atomic E-state index is 0.176. The minimum atomic E-state index is -1.21. The molecule has 2 aromatic carbocycles. The number of nitrogens with one attached hydrogen (secondary N) is 3. The summed E-state index contributed by atoms with van der Waals surface area (Å²) in [6.45, 7) is 7.88. The third-order valence-electron chi connectivity index (χ3n) is 7.00. The Morgan fingerprint density at radius 3 is 2.27 bits per heavy atom. The van der Waals surface area contributed by atoms with E-state index in [9.17, 15) is 19.6 Å². The molecule has 8 heteroatoms. The van der Waals surface area contributed by atoms with E-state index >= 15 is 0 Å². The van der Waals surface area contributed by atoms with E-state index in [0.29, 0.717) is 6.54 Å². The molecule has 3 amide bonds. The lowest BCUT2D eigenvalue weighted by Crippen LogP contribution is -2.57. The Kier molecular flexibility index (Phi) is 10.1. The molecule has 0 unspecified atom stereocenters. The monoisotopic (exact) mass is 511 g/mol. The van der Waals surface area contributed by atoms with E-state index in [1.54, 1.807) is 5.48 Å². The Hall–Kier alpha value is -2.97. The van der Waals surface area contributed by atoms with Crippen LogP contribution in [0.15, 0.2) is 42.5 Å². The Morgan fingerprint density at radius 1 is 0.973 bits per heavy atom. The fourth-order valence-corrected chi connectivity index (χ4v) is 4.97. The van der Waals surface area contributed by atoms with E-state index in [0.717, 1.165) is 48.4 Å². The lowest BCUT2D eigenvalue weighted by Gasteiger charge is -2.34. The molecule has 0 bridgehead atoms. The van der Waals surface area contributed by atoms with Crippen LogP contribution in [0.25, 0.3) is 10.8 Å². The first-order chi connectivity index (χ1) is 17.6. The molecule has 4 N–H and O–H groups in total. The summed E-state index contributed by atoms with van der Waals surface area (Å²) in [5, 5.41) is 17.3. The second-order valence-corrected chi connectivity index (χ2v) is 11.0. The number of ether oxygens (including phenoxy) is 1. The van der Waals surface area contributed by atoms with Crippen molar-refractivity contribution in [2.45, 2.75) is 84.5 Å². The molecule has 1 fully saturated rings. The van der Waals surface area contributed by atoms with E-state index in [2.05, 4.69) is 10.6 Å². The Morgan fingerprint density at radius 2 is 1.65 bits per heavy atom. The van der Waals surface area contributed by atoms with Crippen molar-refractivity contribution in [3.05, 3.63) is 48.0 Å². The number of rotatable bonds is 10. The Balaban J connectivity index is 1.96. The lowest BCUT2D eigenvalue weighted by molar-refractivity contribution is -0.157. The molecule has 0 spiro atoms. The van der Waals surface area contributed by atoms with Gasteiger partial charge in [-0.25, -0.2) is 5.48 Å². The largest absolute Gasteiger partial charge is 0.364 e. The number of fused-ring (bicyclic) bond motifs is 1. The zero-order valence-corrected chi connectivity index (χ0v) is 22.4. The molecule has 0 heterocycles. The Bertz CT molecular complexity index is 1070. The number of benzene rings is 2. The molecule has 0 radical (unpaired) electrons. The van der Waals surface area contributed by atoms with Crippen LogP contribution in [-0.4, -0.2) is 47.7 Å². The molecule has 0 aliphatic heterocycles. The topological polar surface area (TPSA) is 117 Å². The molecule has 2 aromatic rings. The lowest BCUT2D eigenvalue weighted by atomic mass is 9.84. The second kappa shape index (κ2) is 13.0. The van der Waals surface area contributed by atoms with E-state index in [1.165, 1.54) is 0 Å². The summed E-state index contributed by atoms with van der Waals surface area (Å²) < 4.78 is 6.23. The highest BCUT2D eigenvalue weighted by Crippen LogP contribution is 2.27. The average Bonchev–Trinajstić information content (AvgIpc) is 2.88. The number of hydrogen-bond donors (Lipinski definition) is 4. The smallest absolute Gasteiger partial charge is 0.273 e. The third kappa shape index (κ3) is 7.76. The van der Waals surface area contributed by atoms with Crippen molar-refractivity contribution in [2.75, 3.05) is 6.54 Å². The van der Waals surface area contributed by atoms with Crippen LogP contribution < -0.4 is 16.1 Å². The van der Waals surface area contributed by atoms with Crippen molar-refractivity contribution in [3.63, 3.8) is 0 Å². The van der Waals surface area contributed by atoms with Crippen LogP contribution in [0, 0.1) is 11.3 Å². The molecular weight excluding hydrogens is 470 g/mol. The van der Waals surface area contributed by atoms with Crippen LogP contribution in [0.5, 0.6) is 0 Å². The van der Waals surface area contributed by atoms with Gasteiger partial charge in [0, 0.05) is 6.54 Å². The van der Waals surface area contributed by atoms with Crippen LogP contribution in [-0.2, 0) is 25.5 Å². The minimum Gasteiger partial charge on any atom is -0.364 e. The highest BCUT2D eigenvalue weighted by molar-refractivity contribution is 5.93. The first-order valence-corrected chi connectivity index (χ1v) is 13.3. The number of hydroxylamine groups is 1. The molecular formula is C29H41N3O5. The summed E-state index contributed by atoms with van der Waals surface area (Å²) >= 11 is 0. The average molecular weight is 512 g/mol. The van der Waals surface area contributed by atoms with Crippen LogP contribution in [0.2, 0.25) is 0 Å². The van der Waals surface area contributed by atoms with E-state index in [1.807, 2.05) is 70.2 Å². The quantitative estimate of drug-likeness (QED) is 0.285. The maximum absolute atomic E-state index is 13.8. The predicted molar refractivity (Wildman–Crippen MR) is 143 cm³/mol. The zero-order valence-electron chi connectivity index (χ0n) is 22.4. The first-order valence-electron chi connectivity index (χ1n) is 13.3. The number of hydrogen-bond acceptors (Lipinski definition) is 5. The maximum atomic E-state index is 13.8. The maximum Gasteiger partial charge on any atom is 0.273 e. The van der Waals surface area contributed by atoms with Gasteiger partial charge in [0.15, 0.2) is 6.10 Å². The molecule has 0 saturated heterocycles. The molecule has 8 nitrogen and oxygen atoms in total. The molecule has 1 aliphatic carbocycles. The fourth-order valence-electron chi connectivity index (χ4n) is 4.97. The van der Waals surface area contributed by atoms with E-state index in [4.69, 9.17) is 4.74 Å². The van der Waals surface area contributed by atoms with Gasteiger partial charge in [0.1, 0.15) is 6.04 Å². The fraction of sp³-hybridized carbons (Fsp3) is 0.552. The van der Waals surface area contributed by atoms with Gasteiger partial charge < -0.3 is 15.4 Å². The highest BCUT2D eigenvalue weighted by Gasteiger charge is 2.40. The Labute approximate surface area is 219 Å². The predicted octanol–water partition coefficient (Wildman–Crippen LogP) is 3.89.